The highest BCUT2D eigenvalue weighted by Crippen LogP contribution is 2.14. The summed E-state index contributed by atoms with van der Waals surface area (Å²) in [5, 5.41) is 8.31. The van der Waals surface area contributed by atoms with Gasteiger partial charge in [0.25, 0.3) is 0 Å². The number of carbonyl (C=O) groups excluding carboxylic acids is 2. The highest BCUT2D eigenvalue weighted by atomic mass is 16.5. The summed E-state index contributed by atoms with van der Waals surface area (Å²) >= 11 is 0. The predicted octanol–water partition coefficient (Wildman–Crippen LogP) is 9.17. The van der Waals surface area contributed by atoms with Crippen molar-refractivity contribution in [2.45, 2.75) is 175 Å². The second kappa shape index (κ2) is 30.6. The first-order valence-electron chi connectivity index (χ1n) is 15.4. The molecule has 0 unspecified atom stereocenters. The summed E-state index contributed by atoms with van der Waals surface area (Å²) in [6.45, 7) is 8.57. The van der Waals surface area contributed by atoms with Crippen molar-refractivity contribution in [2.75, 3.05) is 6.61 Å². The van der Waals surface area contributed by atoms with Crippen LogP contribution in [0.25, 0.3) is 0 Å². The smallest absolute Gasteiger partial charge is 0.306 e. The predicted molar refractivity (Wildman–Crippen MR) is 153 cm³/mol. The van der Waals surface area contributed by atoms with Crippen molar-refractivity contribution in [2.24, 2.45) is 0 Å². The Morgan fingerprint density at radius 1 is 0.541 bits per heavy atom. The third-order valence-electron chi connectivity index (χ3n) is 6.13. The van der Waals surface area contributed by atoms with Crippen LogP contribution in [-0.2, 0) is 23.9 Å². The van der Waals surface area contributed by atoms with Gasteiger partial charge in [0.2, 0.25) is 0 Å². The number of carbonyl (C=O) groups is 3. The van der Waals surface area contributed by atoms with Gasteiger partial charge in [0.15, 0.2) is 0 Å². The Bertz CT molecular complexity index is 518. The van der Waals surface area contributed by atoms with Crippen molar-refractivity contribution in [3.05, 3.63) is 0 Å². The molecule has 0 heterocycles. The summed E-state index contributed by atoms with van der Waals surface area (Å²) in [6, 6.07) is 0. The fourth-order valence-corrected chi connectivity index (χ4v) is 3.91. The first-order chi connectivity index (χ1) is 17.8. The number of carboxylic acid groups (broad SMARTS) is 1. The minimum Gasteiger partial charge on any atom is -0.481 e. The third kappa shape index (κ3) is 36.6. The number of unbranched alkanes of at least 4 members (excludes halogenated alkanes) is 16. The molecule has 37 heavy (non-hydrogen) atoms. The molecule has 0 aliphatic rings. The fourth-order valence-electron chi connectivity index (χ4n) is 3.91. The lowest BCUT2D eigenvalue weighted by Gasteiger charge is -2.06. The Labute approximate surface area is 228 Å². The number of carboxylic acids is 1. The summed E-state index contributed by atoms with van der Waals surface area (Å²) in [4.78, 5) is 32.5. The maximum atomic E-state index is 11.4. The highest BCUT2D eigenvalue weighted by molar-refractivity contribution is 5.70. The zero-order valence-electron chi connectivity index (χ0n) is 24.8. The minimum absolute atomic E-state index is 0.00172. The van der Waals surface area contributed by atoms with Crippen molar-refractivity contribution >= 4 is 17.9 Å². The molecule has 0 bridgehead atoms. The average molecular weight is 529 g/mol. The van der Waals surface area contributed by atoms with Gasteiger partial charge in [-0.25, -0.2) is 0 Å². The first-order valence-corrected chi connectivity index (χ1v) is 15.4. The van der Waals surface area contributed by atoms with E-state index in [4.69, 9.17) is 14.6 Å². The molecule has 0 atom stereocenters. The maximum absolute atomic E-state index is 11.4. The van der Waals surface area contributed by atoms with Gasteiger partial charge < -0.3 is 14.6 Å². The molecule has 0 rings (SSSR count). The zero-order valence-corrected chi connectivity index (χ0v) is 24.8. The van der Waals surface area contributed by atoms with Crippen LogP contribution in [-0.4, -0.2) is 35.7 Å². The van der Waals surface area contributed by atoms with Gasteiger partial charge in [0.1, 0.15) is 0 Å². The molecule has 0 aliphatic carbocycles. The third-order valence-corrected chi connectivity index (χ3v) is 6.13. The monoisotopic (exact) mass is 528 g/mol. The van der Waals surface area contributed by atoms with E-state index in [9.17, 15) is 14.4 Å². The normalized spacial score (nSPS) is 10.6. The number of esters is 2. The minimum atomic E-state index is -0.822. The first kappa shape index (κ1) is 37.6. The van der Waals surface area contributed by atoms with Gasteiger partial charge in [-0.2, -0.15) is 0 Å². The van der Waals surface area contributed by atoms with E-state index in [0.717, 1.165) is 19.3 Å². The van der Waals surface area contributed by atoms with Crippen LogP contribution < -0.4 is 0 Å². The molecule has 6 nitrogen and oxygen atoms in total. The van der Waals surface area contributed by atoms with E-state index >= 15 is 0 Å². The van der Waals surface area contributed by atoms with Gasteiger partial charge in [-0.05, 0) is 39.5 Å². The fraction of sp³-hybridized carbons (Fsp3) is 0.903. The number of rotatable bonds is 25. The summed E-state index contributed by atoms with van der Waals surface area (Å²) in [6.07, 6.45) is 24.5. The average Bonchev–Trinajstić information content (AvgIpc) is 2.84. The summed E-state index contributed by atoms with van der Waals surface area (Å²) in [5.74, 6) is -1.07. The second-order valence-electron chi connectivity index (χ2n) is 10.4. The van der Waals surface area contributed by atoms with Crippen LogP contribution in [0, 0.1) is 0 Å². The SMILES string of the molecule is CC(C)OC(=O)CCCCC(=O)O.CCCCCCCCCCCCCCCCCC(=O)OCCCC. The van der Waals surface area contributed by atoms with Crippen LogP contribution in [0.1, 0.15) is 169 Å². The van der Waals surface area contributed by atoms with E-state index in [1.165, 1.54) is 89.9 Å². The molecule has 0 aliphatic heterocycles. The molecule has 0 radical (unpaired) electrons. The molecular weight excluding hydrogens is 468 g/mol. The molecule has 6 heteroatoms. The molecule has 0 saturated carbocycles. The number of hydrogen-bond donors (Lipinski definition) is 1. The lowest BCUT2D eigenvalue weighted by molar-refractivity contribution is -0.148. The maximum Gasteiger partial charge on any atom is 0.306 e. The van der Waals surface area contributed by atoms with Crippen LogP contribution in [0.15, 0.2) is 0 Å². The highest BCUT2D eigenvalue weighted by Gasteiger charge is 2.05. The van der Waals surface area contributed by atoms with Crippen molar-refractivity contribution in [1.29, 1.82) is 0 Å². The van der Waals surface area contributed by atoms with Crippen LogP contribution in [0.4, 0.5) is 0 Å². The molecule has 220 valence electrons. The zero-order chi connectivity index (χ0) is 28.0. The number of aliphatic carboxylic acids is 1. The van der Waals surface area contributed by atoms with Crippen molar-refractivity contribution in [3.8, 4) is 0 Å². The largest absolute Gasteiger partial charge is 0.481 e. The van der Waals surface area contributed by atoms with E-state index in [-0.39, 0.29) is 24.5 Å². The van der Waals surface area contributed by atoms with Crippen molar-refractivity contribution < 1.29 is 29.0 Å². The Kier molecular flexibility index (Phi) is 31.1. The van der Waals surface area contributed by atoms with Gasteiger partial charge in [0.05, 0.1) is 12.7 Å². The number of ether oxygens (including phenoxy) is 2. The van der Waals surface area contributed by atoms with Crippen LogP contribution in [0.3, 0.4) is 0 Å². The lowest BCUT2D eigenvalue weighted by Crippen LogP contribution is -2.11. The Hall–Kier alpha value is -1.59. The Balaban J connectivity index is 0. The molecule has 0 aromatic heterocycles. The molecule has 0 amide bonds. The quantitative estimate of drug-likeness (QED) is 0.0938. The molecular formula is C31H60O6. The van der Waals surface area contributed by atoms with Crippen molar-refractivity contribution in [1.82, 2.24) is 0 Å². The van der Waals surface area contributed by atoms with E-state index < -0.39 is 5.97 Å². The van der Waals surface area contributed by atoms with Gasteiger partial charge in [-0.3, -0.25) is 14.4 Å². The Morgan fingerprint density at radius 2 is 0.919 bits per heavy atom. The van der Waals surface area contributed by atoms with Crippen LogP contribution >= 0.6 is 0 Å². The molecule has 0 saturated heterocycles. The molecule has 0 spiro atoms. The Morgan fingerprint density at radius 3 is 1.35 bits per heavy atom. The van der Waals surface area contributed by atoms with Gasteiger partial charge in [-0.15, -0.1) is 0 Å². The van der Waals surface area contributed by atoms with Gasteiger partial charge >= 0.3 is 17.9 Å². The van der Waals surface area contributed by atoms with Crippen LogP contribution in [0.2, 0.25) is 0 Å². The molecule has 1 N–H and O–H groups in total. The van der Waals surface area contributed by atoms with Crippen molar-refractivity contribution in [3.63, 3.8) is 0 Å². The molecule has 0 fully saturated rings. The van der Waals surface area contributed by atoms with E-state index in [2.05, 4.69) is 13.8 Å². The summed E-state index contributed by atoms with van der Waals surface area (Å²) < 4.78 is 10.0. The standard InChI is InChI=1S/C22H44O2.C9H16O4/c1-3-5-7-8-9-10-11-12-13-14-15-16-17-18-19-20-22(23)24-21-6-4-2;1-7(2)13-9(12)6-4-3-5-8(10)11/h3-21H2,1-2H3;7H,3-6H2,1-2H3,(H,10,11). The topological polar surface area (TPSA) is 89.9 Å². The number of hydrogen-bond acceptors (Lipinski definition) is 5. The van der Waals surface area contributed by atoms with E-state index in [0.29, 0.717) is 32.3 Å². The van der Waals surface area contributed by atoms with Gasteiger partial charge in [-0.1, -0.05) is 110 Å². The van der Waals surface area contributed by atoms with E-state index in [1.807, 2.05) is 0 Å². The summed E-state index contributed by atoms with van der Waals surface area (Å²) in [5.41, 5.74) is 0. The lowest BCUT2D eigenvalue weighted by atomic mass is 10.0. The molecule has 0 aromatic carbocycles. The van der Waals surface area contributed by atoms with Crippen LogP contribution in [0.5, 0.6) is 0 Å². The summed E-state index contributed by atoms with van der Waals surface area (Å²) in [7, 11) is 0. The van der Waals surface area contributed by atoms with Gasteiger partial charge in [0, 0.05) is 19.3 Å². The second-order valence-corrected chi connectivity index (χ2v) is 10.4. The molecule has 0 aromatic rings. The van der Waals surface area contributed by atoms with E-state index in [1.54, 1.807) is 13.8 Å².